The fraction of sp³-hybridized carbons (Fsp3) is 0.579. The summed E-state index contributed by atoms with van der Waals surface area (Å²) >= 11 is 0. The maximum Gasteiger partial charge on any atom is 0.329 e. The van der Waals surface area contributed by atoms with E-state index in [0.29, 0.717) is 24.3 Å². The van der Waals surface area contributed by atoms with E-state index in [4.69, 9.17) is 9.47 Å². The molecule has 0 saturated carbocycles. The average Bonchev–Trinajstić information content (AvgIpc) is 2.53. The number of hydrogen-bond donors (Lipinski definition) is 0. The molecule has 1 aliphatic heterocycles. The molecule has 5 nitrogen and oxygen atoms in total. The van der Waals surface area contributed by atoms with E-state index < -0.39 is 0 Å². The summed E-state index contributed by atoms with van der Waals surface area (Å²) in [4.78, 5) is 26.3. The first-order valence-corrected chi connectivity index (χ1v) is 8.66. The molecule has 1 heterocycles. The second kappa shape index (κ2) is 7.69. The number of anilines is 1. The van der Waals surface area contributed by atoms with Crippen molar-refractivity contribution in [3.63, 3.8) is 0 Å². The second-order valence-electron chi connectivity index (χ2n) is 6.45. The smallest absolute Gasteiger partial charge is 0.329 e. The van der Waals surface area contributed by atoms with Gasteiger partial charge in [0.15, 0.2) is 5.78 Å². The van der Waals surface area contributed by atoms with Gasteiger partial charge >= 0.3 is 5.97 Å². The van der Waals surface area contributed by atoms with Crippen LogP contribution >= 0.6 is 0 Å². The minimum Gasteiger partial charge on any atom is -0.486 e. The summed E-state index contributed by atoms with van der Waals surface area (Å²) in [5.41, 5.74) is 1.41. The van der Waals surface area contributed by atoms with Gasteiger partial charge in [0.25, 0.3) is 0 Å². The third-order valence-corrected chi connectivity index (χ3v) is 4.21. The molecule has 5 heteroatoms. The van der Waals surface area contributed by atoms with Crippen molar-refractivity contribution >= 4 is 17.4 Å². The van der Waals surface area contributed by atoms with Crippen molar-refractivity contribution in [2.24, 2.45) is 0 Å². The van der Waals surface area contributed by atoms with E-state index in [2.05, 4.69) is 6.92 Å². The number of hydrogen-bond acceptors (Lipinski definition) is 5. The Morgan fingerprint density at radius 2 is 2.04 bits per heavy atom. The van der Waals surface area contributed by atoms with Crippen LogP contribution in [0.5, 0.6) is 5.75 Å². The molecular formula is C19H27NO4. The van der Waals surface area contributed by atoms with Gasteiger partial charge in [-0.1, -0.05) is 13.8 Å². The number of benzene rings is 1. The highest BCUT2D eigenvalue weighted by Crippen LogP contribution is 2.37. The highest BCUT2D eigenvalue weighted by molar-refractivity contribution is 5.96. The van der Waals surface area contributed by atoms with Crippen LogP contribution in [0.3, 0.4) is 0 Å². The molecular weight excluding hydrogens is 306 g/mol. The molecule has 2 atom stereocenters. The lowest BCUT2D eigenvalue weighted by Gasteiger charge is -2.40. The monoisotopic (exact) mass is 333 g/mol. The van der Waals surface area contributed by atoms with E-state index in [1.54, 1.807) is 6.07 Å². The molecule has 0 aromatic heterocycles. The fourth-order valence-electron chi connectivity index (χ4n) is 2.93. The summed E-state index contributed by atoms with van der Waals surface area (Å²) in [5, 5.41) is 0. The second-order valence-corrected chi connectivity index (χ2v) is 6.45. The zero-order chi connectivity index (χ0) is 17.9. The number of carbonyl (C=O) groups excluding carboxylic acids is 2. The Labute approximate surface area is 143 Å². The summed E-state index contributed by atoms with van der Waals surface area (Å²) < 4.78 is 11.4. The third-order valence-electron chi connectivity index (χ3n) is 4.21. The predicted molar refractivity (Wildman–Crippen MR) is 93.8 cm³/mol. The summed E-state index contributed by atoms with van der Waals surface area (Å²) in [6.45, 7) is 9.87. The molecule has 0 radical (unpaired) electrons. The Kier molecular flexibility index (Phi) is 5.86. The van der Waals surface area contributed by atoms with Gasteiger partial charge in [0, 0.05) is 5.56 Å². The standard InChI is InChI=1S/C19H27NO4/c1-6-15-11-20(16(7-2)19(22)23-12(3)4)17-10-14(13(5)21)8-9-18(17)24-15/h8-10,12,15-16H,6-7,11H2,1-5H3. The lowest BCUT2D eigenvalue weighted by molar-refractivity contribution is -0.149. The summed E-state index contributed by atoms with van der Waals surface area (Å²) in [6.07, 6.45) is 1.34. The topological polar surface area (TPSA) is 55.8 Å². The van der Waals surface area contributed by atoms with Gasteiger partial charge in [0.2, 0.25) is 0 Å². The van der Waals surface area contributed by atoms with E-state index in [0.717, 1.165) is 12.1 Å². The van der Waals surface area contributed by atoms with Crippen LogP contribution in [-0.4, -0.2) is 36.5 Å². The van der Waals surface area contributed by atoms with Gasteiger partial charge in [0.1, 0.15) is 17.9 Å². The van der Waals surface area contributed by atoms with Crippen molar-refractivity contribution in [2.75, 3.05) is 11.4 Å². The molecule has 0 aliphatic carbocycles. The number of rotatable bonds is 6. The Bertz CT molecular complexity index is 611. The molecule has 0 amide bonds. The Balaban J connectivity index is 2.42. The predicted octanol–water partition coefficient (Wildman–Crippen LogP) is 3.60. The SMILES string of the molecule is CCC1CN(C(CC)C(=O)OC(C)C)c2cc(C(C)=O)ccc2O1. The molecule has 1 aliphatic rings. The number of ketones is 1. The van der Waals surface area contributed by atoms with Gasteiger partial charge in [0.05, 0.1) is 18.3 Å². The minimum atomic E-state index is -0.383. The molecule has 132 valence electrons. The van der Waals surface area contributed by atoms with Crippen LogP contribution in [-0.2, 0) is 9.53 Å². The molecule has 1 aromatic rings. The lowest BCUT2D eigenvalue weighted by atomic mass is 10.0. The first-order valence-electron chi connectivity index (χ1n) is 8.66. The van der Waals surface area contributed by atoms with Crippen molar-refractivity contribution in [3.05, 3.63) is 23.8 Å². The number of Topliss-reactive ketones (excluding diaryl/α,β-unsaturated/α-hetero) is 1. The van der Waals surface area contributed by atoms with Gasteiger partial charge in [-0.3, -0.25) is 4.79 Å². The molecule has 2 unspecified atom stereocenters. The van der Waals surface area contributed by atoms with Gasteiger partial charge < -0.3 is 14.4 Å². The van der Waals surface area contributed by atoms with E-state index >= 15 is 0 Å². The van der Waals surface area contributed by atoms with Crippen LogP contribution in [0.25, 0.3) is 0 Å². The van der Waals surface area contributed by atoms with Crippen molar-refractivity contribution < 1.29 is 19.1 Å². The maximum absolute atomic E-state index is 12.5. The number of carbonyl (C=O) groups is 2. The Morgan fingerprint density at radius 1 is 1.33 bits per heavy atom. The normalized spacial score (nSPS) is 17.9. The van der Waals surface area contributed by atoms with Gasteiger partial charge in [-0.25, -0.2) is 4.79 Å². The zero-order valence-electron chi connectivity index (χ0n) is 15.2. The van der Waals surface area contributed by atoms with E-state index in [9.17, 15) is 9.59 Å². The highest BCUT2D eigenvalue weighted by atomic mass is 16.5. The Hall–Kier alpha value is -2.04. The number of nitrogens with zero attached hydrogens (tertiary/aromatic N) is 1. The van der Waals surface area contributed by atoms with Crippen LogP contribution in [0.2, 0.25) is 0 Å². The van der Waals surface area contributed by atoms with Gasteiger partial charge in [-0.05, 0) is 51.8 Å². The van der Waals surface area contributed by atoms with Crippen LogP contribution in [0.1, 0.15) is 57.8 Å². The Morgan fingerprint density at radius 3 is 2.58 bits per heavy atom. The quantitative estimate of drug-likeness (QED) is 0.588. The maximum atomic E-state index is 12.5. The van der Waals surface area contributed by atoms with Crippen molar-refractivity contribution in [3.8, 4) is 5.75 Å². The zero-order valence-corrected chi connectivity index (χ0v) is 15.2. The van der Waals surface area contributed by atoms with Gasteiger partial charge in [-0.2, -0.15) is 0 Å². The number of ether oxygens (including phenoxy) is 2. The molecule has 0 saturated heterocycles. The molecule has 1 aromatic carbocycles. The summed E-state index contributed by atoms with van der Waals surface area (Å²) in [5.74, 6) is 0.477. The van der Waals surface area contributed by atoms with Gasteiger partial charge in [-0.15, -0.1) is 0 Å². The van der Waals surface area contributed by atoms with Crippen LogP contribution in [0.4, 0.5) is 5.69 Å². The van der Waals surface area contributed by atoms with E-state index in [1.165, 1.54) is 6.92 Å². The van der Waals surface area contributed by atoms with Crippen molar-refractivity contribution in [1.29, 1.82) is 0 Å². The van der Waals surface area contributed by atoms with Crippen LogP contribution in [0.15, 0.2) is 18.2 Å². The fourth-order valence-corrected chi connectivity index (χ4v) is 2.93. The van der Waals surface area contributed by atoms with Crippen LogP contribution < -0.4 is 9.64 Å². The largest absolute Gasteiger partial charge is 0.486 e. The number of esters is 1. The lowest BCUT2D eigenvalue weighted by Crippen LogP contribution is -2.49. The van der Waals surface area contributed by atoms with Crippen molar-refractivity contribution in [1.82, 2.24) is 0 Å². The average molecular weight is 333 g/mol. The summed E-state index contributed by atoms with van der Waals surface area (Å²) in [7, 11) is 0. The first-order chi connectivity index (χ1) is 11.4. The molecule has 0 bridgehead atoms. The highest BCUT2D eigenvalue weighted by Gasteiger charge is 2.34. The molecule has 0 spiro atoms. The minimum absolute atomic E-state index is 0.00632. The third kappa shape index (κ3) is 3.89. The molecule has 2 rings (SSSR count). The number of fused-ring (bicyclic) bond motifs is 1. The molecule has 0 N–H and O–H groups in total. The summed E-state index contributed by atoms with van der Waals surface area (Å²) in [6, 6.07) is 5.02. The molecule has 0 fully saturated rings. The van der Waals surface area contributed by atoms with Crippen LogP contribution in [0, 0.1) is 0 Å². The molecule has 24 heavy (non-hydrogen) atoms. The first kappa shape index (κ1) is 18.3. The van der Waals surface area contributed by atoms with Crippen molar-refractivity contribution in [2.45, 2.75) is 65.7 Å². The van der Waals surface area contributed by atoms with E-state index in [-0.39, 0.29) is 30.0 Å². The van der Waals surface area contributed by atoms with E-state index in [1.807, 2.05) is 37.8 Å².